The lowest BCUT2D eigenvalue weighted by Crippen LogP contribution is -1.79. The number of aromatic nitrogens is 2. The van der Waals surface area contributed by atoms with Crippen LogP contribution in [0.15, 0.2) is 54.9 Å². The third-order valence-corrected chi connectivity index (χ3v) is 3.18. The molecular weight excluding hydrogens is 264 g/mol. The van der Waals surface area contributed by atoms with Crippen molar-refractivity contribution in [3.05, 3.63) is 54.9 Å². The molecule has 78 valence electrons. The molecule has 0 fully saturated rings. The summed E-state index contributed by atoms with van der Waals surface area (Å²) in [5.74, 6) is 0. The van der Waals surface area contributed by atoms with Gasteiger partial charge >= 0.3 is 0 Å². The van der Waals surface area contributed by atoms with Crippen LogP contribution < -0.4 is 0 Å². The van der Waals surface area contributed by atoms with Crippen LogP contribution in [0.3, 0.4) is 0 Å². The molecule has 0 aliphatic carbocycles. The molecule has 0 aliphatic heterocycles. The zero-order valence-corrected chi connectivity index (χ0v) is 10.1. The molecule has 0 saturated heterocycles. The molecule has 0 bridgehead atoms. The second kappa shape index (κ2) is 3.76. The molecule has 0 atom stereocenters. The summed E-state index contributed by atoms with van der Waals surface area (Å²) in [5, 5.41) is 0. The first kappa shape index (κ1) is 9.60. The molecular formula is C13H9BrN2. The molecule has 3 rings (SSSR count). The minimum Gasteiger partial charge on any atom is -0.265 e. The van der Waals surface area contributed by atoms with Gasteiger partial charge in [0.15, 0.2) is 0 Å². The standard InChI is InChI=1S/C13H9BrN2/c14-16-9-15-12-7-6-11(8-13(12)16)10-4-2-1-3-5-10/h1-9H. The highest BCUT2D eigenvalue weighted by atomic mass is 79.9. The van der Waals surface area contributed by atoms with Crippen LogP contribution in [0.4, 0.5) is 0 Å². The summed E-state index contributed by atoms with van der Waals surface area (Å²) < 4.78 is 1.86. The maximum atomic E-state index is 4.27. The first-order chi connectivity index (χ1) is 7.84. The molecule has 1 aromatic heterocycles. The van der Waals surface area contributed by atoms with Gasteiger partial charge in [0.25, 0.3) is 0 Å². The number of hydrogen-bond acceptors (Lipinski definition) is 1. The normalized spacial score (nSPS) is 10.8. The quantitative estimate of drug-likeness (QED) is 0.658. The molecule has 0 N–H and O–H groups in total. The smallest absolute Gasteiger partial charge is 0.106 e. The lowest BCUT2D eigenvalue weighted by atomic mass is 10.1. The molecule has 3 aromatic rings. The van der Waals surface area contributed by atoms with E-state index >= 15 is 0 Å². The molecule has 2 aromatic carbocycles. The van der Waals surface area contributed by atoms with Crippen molar-refractivity contribution in [2.24, 2.45) is 0 Å². The Morgan fingerprint density at radius 3 is 2.56 bits per heavy atom. The van der Waals surface area contributed by atoms with E-state index in [2.05, 4.69) is 45.4 Å². The Morgan fingerprint density at radius 2 is 1.75 bits per heavy atom. The van der Waals surface area contributed by atoms with Crippen LogP contribution in [0.5, 0.6) is 0 Å². The van der Waals surface area contributed by atoms with Crippen molar-refractivity contribution in [1.29, 1.82) is 0 Å². The number of halogens is 1. The Kier molecular flexibility index (Phi) is 2.26. The molecule has 0 spiro atoms. The number of benzene rings is 2. The minimum absolute atomic E-state index is 0.997. The van der Waals surface area contributed by atoms with Crippen LogP contribution >= 0.6 is 16.1 Å². The fraction of sp³-hybridized carbons (Fsp3) is 0. The lowest BCUT2D eigenvalue weighted by Gasteiger charge is -2.01. The van der Waals surface area contributed by atoms with Crippen molar-refractivity contribution in [2.45, 2.75) is 0 Å². The SMILES string of the molecule is Brn1cnc2ccc(-c3ccccc3)cc21. The molecule has 2 nitrogen and oxygen atoms in total. The Hall–Kier alpha value is -1.61. The van der Waals surface area contributed by atoms with E-state index in [0.717, 1.165) is 11.0 Å². The van der Waals surface area contributed by atoms with Crippen LogP contribution in [0.25, 0.3) is 22.2 Å². The predicted molar refractivity (Wildman–Crippen MR) is 69.5 cm³/mol. The third-order valence-electron chi connectivity index (χ3n) is 2.61. The number of hydrogen-bond donors (Lipinski definition) is 0. The van der Waals surface area contributed by atoms with E-state index in [-0.39, 0.29) is 0 Å². The van der Waals surface area contributed by atoms with Crippen molar-refractivity contribution < 1.29 is 0 Å². The fourth-order valence-corrected chi connectivity index (χ4v) is 2.16. The van der Waals surface area contributed by atoms with Gasteiger partial charge in [-0.3, -0.25) is 3.59 Å². The fourth-order valence-electron chi connectivity index (χ4n) is 1.79. The Morgan fingerprint density at radius 1 is 0.938 bits per heavy atom. The van der Waals surface area contributed by atoms with Crippen molar-refractivity contribution in [2.75, 3.05) is 0 Å². The van der Waals surface area contributed by atoms with Gasteiger partial charge in [-0.1, -0.05) is 36.4 Å². The second-order valence-electron chi connectivity index (χ2n) is 3.63. The highest BCUT2D eigenvalue weighted by molar-refractivity contribution is 9.08. The summed E-state index contributed by atoms with van der Waals surface area (Å²) in [6.07, 6.45) is 1.76. The third kappa shape index (κ3) is 1.53. The summed E-state index contributed by atoms with van der Waals surface area (Å²) in [6, 6.07) is 16.6. The van der Waals surface area contributed by atoms with Gasteiger partial charge in [0.05, 0.1) is 27.2 Å². The van der Waals surface area contributed by atoms with Gasteiger partial charge < -0.3 is 0 Å². The van der Waals surface area contributed by atoms with Gasteiger partial charge in [-0.05, 0) is 23.3 Å². The van der Waals surface area contributed by atoms with Gasteiger partial charge in [0.2, 0.25) is 0 Å². The molecule has 0 aliphatic rings. The highest BCUT2D eigenvalue weighted by Gasteiger charge is 2.03. The molecule has 1 heterocycles. The maximum absolute atomic E-state index is 4.27. The summed E-state index contributed by atoms with van der Waals surface area (Å²) >= 11 is 3.43. The molecule has 0 saturated carbocycles. The van der Waals surface area contributed by atoms with Crippen molar-refractivity contribution in [3.8, 4) is 11.1 Å². The predicted octanol–water partition coefficient (Wildman–Crippen LogP) is 3.86. The summed E-state index contributed by atoms with van der Waals surface area (Å²) in [6.45, 7) is 0. The van der Waals surface area contributed by atoms with Gasteiger partial charge in [-0.15, -0.1) is 0 Å². The molecule has 3 heteroatoms. The monoisotopic (exact) mass is 272 g/mol. The van der Waals surface area contributed by atoms with Crippen molar-refractivity contribution in [3.63, 3.8) is 0 Å². The molecule has 0 amide bonds. The summed E-state index contributed by atoms with van der Waals surface area (Å²) in [7, 11) is 0. The van der Waals surface area contributed by atoms with Crippen LogP contribution in [-0.2, 0) is 0 Å². The van der Waals surface area contributed by atoms with Crippen LogP contribution in [0, 0.1) is 0 Å². The molecule has 16 heavy (non-hydrogen) atoms. The Balaban J connectivity index is 2.22. The Bertz CT molecular complexity index is 629. The maximum Gasteiger partial charge on any atom is 0.106 e. The van der Waals surface area contributed by atoms with Crippen LogP contribution in [-0.4, -0.2) is 8.58 Å². The van der Waals surface area contributed by atoms with E-state index in [1.807, 2.05) is 27.9 Å². The summed E-state index contributed by atoms with van der Waals surface area (Å²) in [4.78, 5) is 4.27. The average Bonchev–Trinajstić information content (AvgIpc) is 2.72. The number of nitrogens with zero attached hydrogens (tertiary/aromatic N) is 2. The largest absolute Gasteiger partial charge is 0.265 e. The average molecular weight is 273 g/mol. The second-order valence-corrected chi connectivity index (χ2v) is 4.39. The van der Waals surface area contributed by atoms with Crippen molar-refractivity contribution >= 4 is 27.2 Å². The lowest BCUT2D eigenvalue weighted by molar-refractivity contribution is 1.29. The van der Waals surface area contributed by atoms with E-state index in [0.29, 0.717) is 0 Å². The summed E-state index contributed by atoms with van der Waals surface area (Å²) in [5.41, 5.74) is 4.50. The topological polar surface area (TPSA) is 17.8 Å². The first-order valence-electron chi connectivity index (χ1n) is 5.03. The van der Waals surface area contributed by atoms with Crippen molar-refractivity contribution in [1.82, 2.24) is 8.58 Å². The zero-order chi connectivity index (χ0) is 11.0. The van der Waals surface area contributed by atoms with Gasteiger partial charge in [-0.25, -0.2) is 4.98 Å². The van der Waals surface area contributed by atoms with E-state index in [1.165, 1.54) is 11.1 Å². The van der Waals surface area contributed by atoms with E-state index < -0.39 is 0 Å². The van der Waals surface area contributed by atoms with Crippen LogP contribution in [0.1, 0.15) is 0 Å². The first-order valence-corrected chi connectivity index (χ1v) is 5.74. The van der Waals surface area contributed by atoms with E-state index in [1.54, 1.807) is 6.33 Å². The molecule has 0 radical (unpaired) electrons. The van der Waals surface area contributed by atoms with E-state index in [4.69, 9.17) is 0 Å². The van der Waals surface area contributed by atoms with Gasteiger partial charge in [0.1, 0.15) is 6.33 Å². The van der Waals surface area contributed by atoms with Crippen LogP contribution in [0.2, 0.25) is 0 Å². The van der Waals surface area contributed by atoms with E-state index in [9.17, 15) is 0 Å². The Labute approximate surface area is 102 Å². The number of rotatable bonds is 1. The molecule has 0 unspecified atom stereocenters. The number of imidazole rings is 1. The highest BCUT2D eigenvalue weighted by Crippen LogP contribution is 2.24. The van der Waals surface area contributed by atoms with Gasteiger partial charge in [-0.2, -0.15) is 0 Å². The minimum atomic E-state index is 0.997. The number of fused-ring (bicyclic) bond motifs is 1. The zero-order valence-electron chi connectivity index (χ0n) is 8.47. The van der Waals surface area contributed by atoms with Gasteiger partial charge in [0, 0.05) is 0 Å².